The number of aromatic hydroxyl groups is 1. The second-order valence-electron chi connectivity index (χ2n) is 4.67. The summed E-state index contributed by atoms with van der Waals surface area (Å²) in [7, 11) is 0. The van der Waals surface area contributed by atoms with Crippen LogP contribution < -0.4 is 0 Å². The average Bonchev–Trinajstić information content (AvgIpc) is 2.53. The van der Waals surface area contributed by atoms with Crippen LogP contribution in [0.25, 0.3) is 0 Å². The first-order chi connectivity index (χ1) is 12.1. The second-order valence-corrected chi connectivity index (χ2v) is 5.76. The van der Waals surface area contributed by atoms with Gasteiger partial charge in [-0.15, -0.1) is 0 Å². The van der Waals surface area contributed by atoms with Crippen molar-refractivity contribution in [1.29, 1.82) is 0 Å². The van der Waals surface area contributed by atoms with Gasteiger partial charge in [-0.2, -0.15) is 0 Å². The Balaban J connectivity index is 2.63. The van der Waals surface area contributed by atoms with Crippen LogP contribution in [-0.4, -0.2) is 31.0 Å². The molecule has 0 aliphatic carbocycles. The van der Waals surface area contributed by atoms with Crippen LogP contribution in [0.2, 0.25) is 0 Å². The van der Waals surface area contributed by atoms with Gasteiger partial charge in [0.2, 0.25) is 0 Å². The van der Waals surface area contributed by atoms with E-state index in [1.54, 1.807) is 0 Å². The molecular formula is C13H7N3O9S. The predicted molar refractivity (Wildman–Crippen MR) is 85.6 cm³/mol. The second kappa shape index (κ2) is 7.02. The highest BCUT2D eigenvalue weighted by Crippen LogP contribution is 2.43. The normalized spacial score (nSPS) is 10.3. The number of nitro benzene ring substituents is 3. The largest absolute Gasteiger partial charge is 0.502 e. The number of carbonyl (C=O) groups is 1. The van der Waals surface area contributed by atoms with Crippen LogP contribution in [0.15, 0.2) is 40.1 Å². The first-order valence-electron chi connectivity index (χ1n) is 6.47. The van der Waals surface area contributed by atoms with E-state index in [0.717, 1.165) is 18.2 Å². The van der Waals surface area contributed by atoms with Crippen molar-refractivity contribution in [3.8, 4) is 5.75 Å². The van der Waals surface area contributed by atoms with Gasteiger partial charge in [0.05, 0.1) is 20.3 Å². The lowest BCUT2D eigenvalue weighted by Crippen LogP contribution is -2.03. The van der Waals surface area contributed by atoms with Crippen molar-refractivity contribution >= 4 is 34.8 Å². The van der Waals surface area contributed by atoms with E-state index in [9.17, 15) is 40.2 Å². The van der Waals surface area contributed by atoms with Gasteiger partial charge in [-0.3, -0.25) is 30.3 Å². The molecule has 0 bridgehead atoms. The Morgan fingerprint density at radius 3 is 1.77 bits per heavy atom. The van der Waals surface area contributed by atoms with Gasteiger partial charge in [0.1, 0.15) is 0 Å². The zero-order valence-electron chi connectivity index (χ0n) is 12.4. The molecule has 2 rings (SSSR count). The van der Waals surface area contributed by atoms with E-state index in [0.29, 0.717) is 23.9 Å². The monoisotopic (exact) mass is 381 g/mol. The molecule has 0 aliphatic rings. The number of carboxylic acid groups (broad SMARTS) is 1. The van der Waals surface area contributed by atoms with Gasteiger partial charge >= 0.3 is 11.7 Å². The van der Waals surface area contributed by atoms with E-state index >= 15 is 0 Å². The Kier molecular flexibility index (Phi) is 5.02. The van der Waals surface area contributed by atoms with Gasteiger partial charge in [0.15, 0.2) is 10.6 Å². The Morgan fingerprint density at radius 1 is 0.885 bits per heavy atom. The smallest absolute Gasteiger partial charge is 0.336 e. The van der Waals surface area contributed by atoms with E-state index in [4.69, 9.17) is 5.11 Å². The molecule has 0 heterocycles. The molecule has 2 aromatic carbocycles. The van der Waals surface area contributed by atoms with Crippen molar-refractivity contribution in [2.24, 2.45) is 0 Å². The van der Waals surface area contributed by atoms with Crippen molar-refractivity contribution in [3.63, 3.8) is 0 Å². The first kappa shape index (κ1) is 18.6. The molecule has 2 N–H and O–H groups in total. The summed E-state index contributed by atoms with van der Waals surface area (Å²) in [4.78, 5) is 40.9. The van der Waals surface area contributed by atoms with E-state index in [1.165, 1.54) is 0 Å². The average molecular weight is 381 g/mol. The predicted octanol–water partition coefficient (Wildman–Crippen LogP) is 2.97. The Morgan fingerprint density at radius 2 is 1.38 bits per heavy atom. The molecule has 134 valence electrons. The van der Waals surface area contributed by atoms with Crippen LogP contribution in [-0.2, 0) is 0 Å². The van der Waals surface area contributed by atoms with Gasteiger partial charge < -0.3 is 10.2 Å². The maximum atomic E-state index is 11.2. The van der Waals surface area contributed by atoms with Crippen LogP contribution in [0.1, 0.15) is 10.4 Å². The van der Waals surface area contributed by atoms with Crippen molar-refractivity contribution in [3.05, 3.63) is 66.2 Å². The topological polar surface area (TPSA) is 187 Å². The maximum absolute atomic E-state index is 11.2. The maximum Gasteiger partial charge on any atom is 0.336 e. The zero-order chi connectivity index (χ0) is 19.6. The Hall–Kier alpha value is -3.74. The third kappa shape index (κ3) is 3.67. The third-order valence-corrected chi connectivity index (χ3v) is 4.17. The van der Waals surface area contributed by atoms with Gasteiger partial charge in [0, 0.05) is 29.2 Å². The van der Waals surface area contributed by atoms with Crippen LogP contribution in [0, 0.1) is 30.3 Å². The number of phenols is 1. The van der Waals surface area contributed by atoms with Crippen LogP contribution >= 0.6 is 11.8 Å². The number of rotatable bonds is 6. The van der Waals surface area contributed by atoms with Crippen molar-refractivity contribution in [2.45, 2.75) is 9.79 Å². The number of aromatic carboxylic acids is 1. The number of nitrogens with zero attached hydrogens (tertiary/aromatic N) is 3. The molecule has 0 spiro atoms. The fourth-order valence-corrected chi connectivity index (χ4v) is 2.96. The van der Waals surface area contributed by atoms with Gasteiger partial charge in [-0.1, -0.05) is 11.8 Å². The number of phenolic OH excluding ortho intramolecular Hbond substituents is 1. The van der Waals surface area contributed by atoms with E-state index in [1.807, 2.05) is 0 Å². The van der Waals surface area contributed by atoms with Gasteiger partial charge in [-0.25, -0.2) is 4.79 Å². The summed E-state index contributed by atoms with van der Waals surface area (Å²) >= 11 is 0.494. The first-order valence-corrected chi connectivity index (χ1v) is 7.29. The van der Waals surface area contributed by atoms with E-state index < -0.39 is 54.0 Å². The fourth-order valence-electron chi connectivity index (χ4n) is 1.94. The summed E-state index contributed by atoms with van der Waals surface area (Å²) in [6.45, 7) is 0. The van der Waals surface area contributed by atoms with Crippen LogP contribution in [0.4, 0.5) is 17.1 Å². The number of carboxylic acids is 1. The third-order valence-electron chi connectivity index (χ3n) is 3.05. The number of hydrogen-bond acceptors (Lipinski definition) is 9. The molecule has 0 amide bonds. The summed E-state index contributed by atoms with van der Waals surface area (Å²) in [6.07, 6.45) is 0. The van der Waals surface area contributed by atoms with Gasteiger partial charge in [-0.05, 0) is 6.07 Å². The molecule has 26 heavy (non-hydrogen) atoms. The molecule has 0 fully saturated rings. The number of hydrogen-bond donors (Lipinski definition) is 2. The van der Waals surface area contributed by atoms with Crippen molar-refractivity contribution < 1.29 is 29.8 Å². The minimum Gasteiger partial charge on any atom is -0.502 e. The molecule has 0 aromatic heterocycles. The van der Waals surface area contributed by atoms with Crippen molar-refractivity contribution in [2.75, 3.05) is 0 Å². The summed E-state index contributed by atoms with van der Waals surface area (Å²) in [5, 5.41) is 51.7. The lowest BCUT2D eigenvalue weighted by Gasteiger charge is -2.06. The minimum atomic E-state index is -1.58. The van der Waals surface area contributed by atoms with Crippen LogP contribution in [0.5, 0.6) is 5.75 Å². The summed E-state index contributed by atoms with van der Waals surface area (Å²) in [5.74, 6) is -2.31. The molecule has 13 heteroatoms. The molecule has 0 radical (unpaired) electrons. The molecule has 0 unspecified atom stereocenters. The number of benzene rings is 2. The fraction of sp³-hybridized carbons (Fsp3) is 0. The highest BCUT2D eigenvalue weighted by atomic mass is 32.2. The molecule has 12 nitrogen and oxygen atoms in total. The van der Waals surface area contributed by atoms with Crippen molar-refractivity contribution in [1.82, 2.24) is 0 Å². The summed E-state index contributed by atoms with van der Waals surface area (Å²) in [5.41, 5.74) is -2.89. The summed E-state index contributed by atoms with van der Waals surface area (Å²) in [6, 6.07) is 4.33. The quantitative estimate of drug-likeness (QED) is 0.556. The highest BCUT2D eigenvalue weighted by molar-refractivity contribution is 7.99. The summed E-state index contributed by atoms with van der Waals surface area (Å²) < 4.78 is 0. The lowest BCUT2D eigenvalue weighted by molar-refractivity contribution is -0.399. The van der Waals surface area contributed by atoms with E-state index in [2.05, 4.69) is 0 Å². The standard InChI is InChI=1S/C13H7N3O9S/c17-11-5-7(1-2-8(11)14(20)21)26-12-9(15(22)23)3-6(13(18)19)4-10(12)16(24)25/h1-5,17H,(H,18,19). The molecule has 0 saturated carbocycles. The number of nitro groups is 3. The molecular weight excluding hydrogens is 374 g/mol. The SMILES string of the molecule is O=C(O)c1cc([N+](=O)[O-])c(Sc2ccc([N+](=O)[O-])c(O)c2)c([N+](=O)[O-])c1. The Bertz CT molecular complexity index is 925. The molecule has 0 saturated heterocycles. The molecule has 2 aromatic rings. The molecule has 0 atom stereocenters. The van der Waals surface area contributed by atoms with E-state index in [-0.39, 0.29) is 4.90 Å². The minimum absolute atomic E-state index is 0.0439. The van der Waals surface area contributed by atoms with Crippen LogP contribution in [0.3, 0.4) is 0 Å². The zero-order valence-corrected chi connectivity index (χ0v) is 13.2. The Labute approximate surface area is 147 Å². The van der Waals surface area contributed by atoms with Gasteiger partial charge in [0.25, 0.3) is 11.4 Å². The molecule has 0 aliphatic heterocycles. The lowest BCUT2D eigenvalue weighted by atomic mass is 10.2. The highest BCUT2D eigenvalue weighted by Gasteiger charge is 2.29.